The molecule has 3 atom stereocenters. The van der Waals surface area contributed by atoms with Crippen LogP contribution >= 0.6 is 7.60 Å². The Balaban J connectivity index is 2.40. The first-order chi connectivity index (χ1) is 14.7. The normalized spacial score (nSPS) is 22.7. The number of aryl methyl sites for hydroxylation is 1. The van der Waals surface area contributed by atoms with Crippen LogP contribution in [0.25, 0.3) is 0 Å². The summed E-state index contributed by atoms with van der Waals surface area (Å²) in [6.07, 6.45) is 1.97. The van der Waals surface area contributed by atoms with E-state index in [4.69, 9.17) is 18.2 Å². The highest BCUT2D eigenvalue weighted by Gasteiger charge is 2.45. The maximum Gasteiger partial charge on any atom is 0.353 e. The monoisotopic (exact) mass is 488 g/mol. The molecule has 9 nitrogen and oxygen atoms in total. The van der Waals surface area contributed by atoms with Gasteiger partial charge in [0.2, 0.25) is 0 Å². The highest BCUT2D eigenvalue weighted by molar-refractivity contribution is 7.57. The average molecular weight is 489 g/mol. The molecule has 0 aromatic carbocycles. The van der Waals surface area contributed by atoms with E-state index in [1.54, 1.807) is 26.8 Å². The Hall–Kier alpha value is -1.29. The Kier molecular flexibility index (Phi) is 8.69. The third kappa shape index (κ3) is 6.39. The van der Waals surface area contributed by atoms with Crippen molar-refractivity contribution >= 4 is 15.9 Å². The number of hydrogen-bond acceptors (Lipinski definition) is 7. The molecule has 1 aromatic heterocycles. The molecule has 1 aliphatic rings. The van der Waals surface area contributed by atoms with Gasteiger partial charge >= 0.3 is 13.3 Å². The fraction of sp³-hybridized carbons (Fsp3) is 0.714. The Morgan fingerprint density at radius 2 is 1.84 bits per heavy atom. The van der Waals surface area contributed by atoms with Crippen LogP contribution in [0.5, 0.6) is 0 Å². The number of hydrogen-bond donors (Lipinski definition) is 1. The largest absolute Gasteiger partial charge is 0.409 e. The predicted octanol–water partition coefficient (Wildman–Crippen LogP) is 4.30. The summed E-state index contributed by atoms with van der Waals surface area (Å²) >= 11 is 0. The molecule has 11 heteroatoms. The Morgan fingerprint density at radius 1 is 1.25 bits per heavy atom. The Bertz CT molecular complexity index is 970. The van der Waals surface area contributed by atoms with Crippen molar-refractivity contribution in [2.45, 2.75) is 84.5 Å². The summed E-state index contributed by atoms with van der Waals surface area (Å²) in [4.78, 5) is 26.7. The van der Waals surface area contributed by atoms with Crippen molar-refractivity contribution in [3.05, 3.63) is 44.5 Å². The number of ether oxygens (including phenoxy) is 1. The molecule has 0 aliphatic carbocycles. The molecule has 1 aromatic rings. The molecule has 32 heavy (non-hydrogen) atoms. The molecule has 2 rings (SSSR count). The third-order valence-corrected chi connectivity index (χ3v) is 12.1. The van der Waals surface area contributed by atoms with Gasteiger partial charge in [-0.15, -0.1) is 0 Å². The Morgan fingerprint density at radius 3 is 2.38 bits per heavy atom. The zero-order valence-corrected chi connectivity index (χ0v) is 22.2. The maximum atomic E-state index is 12.8. The molecule has 0 spiro atoms. The van der Waals surface area contributed by atoms with Crippen LogP contribution in [0.3, 0.4) is 0 Å². The summed E-state index contributed by atoms with van der Waals surface area (Å²) < 4.78 is 37.6. The van der Waals surface area contributed by atoms with Crippen LogP contribution in [0.15, 0.2) is 27.7 Å². The lowest BCUT2D eigenvalue weighted by Crippen LogP contribution is -2.46. The van der Waals surface area contributed by atoms with Crippen molar-refractivity contribution in [2.24, 2.45) is 0 Å². The zero-order chi connectivity index (χ0) is 24.3. The van der Waals surface area contributed by atoms with Crippen molar-refractivity contribution in [3.8, 4) is 0 Å². The molecule has 182 valence electrons. The summed E-state index contributed by atoms with van der Waals surface area (Å²) in [5, 5.41) is -0.0447. The van der Waals surface area contributed by atoms with E-state index in [9.17, 15) is 14.2 Å². The van der Waals surface area contributed by atoms with Gasteiger partial charge in [-0.05, 0) is 45.0 Å². The zero-order valence-electron chi connectivity index (χ0n) is 20.3. The van der Waals surface area contributed by atoms with Gasteiger partial charge in [0.05, 0.1) is 25.4 Å². The van der Waals surface area contributed by atoms with E-state index in [0.717, 1.165) is 0 Å². The number of nitrogens with zero attached hydrogens (tertiary/aromatic N) is 1. The summed E-state index contributed by atoms with van der Waals surface area (Å²) in [6.45, 7) is 16.3. The fourth-order valence-corrected chi connectivity index (χ4v) is 5.85. The smallest absolute Gasteiger partial charge is 0.353 e. The first-order valence-corrected chi connectivity index (χ1v) is 15.5. The van der Waals surface area contributed by atoms with Crippen molar-refractivity contribution < 1.29 is 22.8 Å². The summed E-state index contributed by atoms with van der Waals surface area (Å²) in [5.41, 5.74) is -0.597. The molecule has 1 fully saturated rings. The van der Waals surface area contributed by atoms with Crippen molar-refractivity contribution in [2.75, 3.05) is 13.2 Å². The van der Waals surface area contributed by atoms with Crippen LogP contribution in [0.2, 0.25) is 18.1 Å². The van der Waals surface area contributed by atoms with Crippen molar-refractivity contribution in [1.29, 1.82) is 0 Å². The van der Waals surface area contributed by atoms with Gasteiger partial charge in [0.25, 0.3) is 5.56 Å². The van der Waals surface area contributed by atoms with Crippen molar-refractivity contribution in [3.63, 3.8) is 0 Å². The second-order valence-corrected chi connectivity index (χ2v) is 16.1. The lowest BCUT2D eigenvalue weighted by molar-refractivity contribution is -0.0241. The van der Waals surface area contributed by atoms with Gasteiger partial charge in [0.15, 0.2) is 14.5 Å². The molecule has 2 heterocycles. The molecule has 1 unspecified atom stereocenters. The summed E-state index contributed by atoms with van der Waals surface area (Å²) in [5.74, 6) is 1.41. The van der Waals surface area contributed by atoms with Gasteiger partial charge in [-0.1, -0.05) is 20.8 Å². The van der Waals surface area contributed by atoms with E-state index in [1.807, 2.05) is 0 Å². The Labute approximate surface area is 190 Å². The van der Waals surface area contributed by atoms with E-state index in [-0.39, 0.29) is 18.3 Å². The first-order valence-electron chi connectivity index (χ1n) is 11.0. The van der Waals surface area contributed by atoms with Crippen LogP contribution in [-0.4, -0.2) is 43.3 Å². The third-order valence-electron chi connectivity index (χ3n) is 5.87. The maximum absolute atomic E-state index is 12.8. The quantitative estimate of drug-likeness (QED) is 0.408. The molecule has 0 amide bonds. The van der Waals surface area contributed by atoms with Gasteiger partial charge in [-0.3, -0.25) is 18.9 Å². The standard InChI is InChI=1S/C21H37N2O7PSi/c1-9-27-31(26,28-10-2)12-11-16-13-17(30-32(7,8)21(4,5)6)19(29-16)23-14-15(3)18(24)22-20(23)25/h11-12,14,16-17,19H,9-10,13H2,1-8H3,(H,22,24,25)/b12-11+/t16-,17?,19-/m1/s1. The van der Waals surface area contributed by atoms with Crippen LogP contribution in [-0.2, 0) is 22.8 Å². The molecule has 0 saturated carbocycles. The second-order valence-electron chi connectivity index (χ2n) is 9.41. The summed E-state index contributed by atoms with van der Waals surface area (Å²) in [7, 11) is -5.58. The molecule has 1 N–H and O–H groups in total. The highest BCUT2D eigenvalue weighted by Crippen LogP contribution is 2.50. The minimum absolute atomic E-state index is 0.0447. The van der Waals surface area contributed by atoms with Crippen LogP contribution in [0, 0.1) is 6.92 Å². The topological polar surface area (TPSA) is 109 Å². The first kappa shape index (κ1) is 27.0. The molecule has 1 saturated heterocycles. The highest BCUT2D eigenvalue weighted by atomic mass is 31.2. The second kappa shape index (κ2) is 10.3. The molecule has 0 bridgehead atoms. The summed E-state index contributed by atoms with van der Waals surface area (Å²) in [6, 6.07) is 0. The van der Waals surface area contributed by atoms with E-state index < -0.39 is 45.6 Å². The van der Waals surface area contributed by atoms with Crippen LogP contribution in [0.4, 0.5) is 0 Å². The number of aromatic amines is 1. The minimum atomic E-state index is -3.38. The molecular weight excluding hydrogens is 451 g/mol. The van der Waals surface area contributed by atoms with Gasteiger partial charge in [0.1, 0.15) is 0 Å². The van der Waals surface area contributed by atoms with Gasteiger partial charge < -0.3 is 18.2 Å². The van der Waals surface area contributed by atoms with E-state index in [1.165, 1.54) is 16.6 Å². The van der Waals surface area contributed by atoms with E-state index in [2.05, 4.69) is 38.8 Å². The van der Waals surface area contributed by atoms with Gasteiger partial charge in [-0.25, -0.2) is 4.79 Å². The van der Waals surface area contributed by atoms with Gasteiger partial charge in [0, 0.05) is 24.0 Å². The lowest BCUT2D eigenvalue weighted by Gasteiger charge is -2.39. The van der Waals surface area contributed by atoms with Crippen molar-refractivity contribution in [1.82, 2.24) is 9.55 Å². The number of H-pyrrole nitrogens is 1. The van der Waals surface area contributed by atoms with E-state index in [0.29, 0.717) is 12.0 Å². The molecule has 1 aliphatic heterocycles. The van der Waals surface area contributed by atoms with Crippen LogP contribution < -0.4 is 11.2 Å². The molecule has 0 radical (unpaired) electrons. The number of rotatable bonds is 9. The van der Waals surface area contributed by atoms with Crippen LogP contribution in [0.1, 0.15) is 52.8 Å². The SMILES string of the molecule is CCOP(=O)(/C=C/[C@@H]1CC(O[Si](C)(C)C(C)(C)C)[C@H](n2cc(C)c(=O)[nH]c2=O)O1)OCC. The minimum Gasteiger partial charge on any atom is -0.409 e. The number of nitrogens with one attached hydrogen (secondary N) is 1. The number of aromatic nitrogens is 2. The molecular formula is C21H37N2O7PSi. The fourth-order valence-electron chi connectivity index (χ4n) is 3.16. The lowest BCUT2D eigenvalue weighted by atomic mass is 10.2. The van der Waals surface area contributed by atoms with E-state index >= 15 is 0 Å². The van der Waals surface area contributed by atoms with Gasteiger partial charge in [-0.2, -0.15) is 0 Å². The average Bonchev–Trinajstić information content (AvgIpc) is 3.04. The predicted molar refractivity (Wildman–Crippen MR) is 127 cm³/mol.